The second-order valence-corrected chi connectivity index (χ2v) is 10.3. The molecule has 2 aliphatic heterocycles. The number of halogens is 1. The van der Waals surface area contributed by atoms with Gasteiger partial charge in [-0.05, 0) is 75.0 Å². The Labute approximate surface area is 209 Å². The average Bonchev–Trinajstić information content (AvgIpc) is 2.86. The lowest BCUT2D eigenvalue weighted by molar-refractivity contribution is -0.0563. The van der Waals surface area contributed by atoms with Gasteiger partial charge in [-0.1, -0.05) is 23.7 Å². The van der Waals surface area contributed by atoms with Crippen LogP contribution < -0.4 is 11.1 Å². The fraction of sp³-hybridized carbons (Fsp3) is 0.731. The number of unbranched alkanes of at least 4 members (excludes halogenated alkanes) is 1. The lowest BCUT2D eigenvalue weighted by atomic mass is 9.74. The maximum Gasteiger partial charge on any atom is 0.317 e. The zero-order valence-electron chi connectivity index (χ0n) is 20.5. The summed E-state index contributed by atoms with van der Waals surface area (Å²) in [4.78, 5) is 14.8. The maximum absolute atomic E-state index is 13.0. The van der Waals surface area contributed by atoms with E-state index in [0.29, 0.717) is 43.6 Å². The summed E-state index contributed by atoms with van der Waals surface area (Å²) in [5, 5.41) is 15.6. The lowest BCUT2D eigenvalue weighted by Crippen LogP contribution is -2.52. The largest absolute Gasteiger partial charge is 0.385 e. The minimum Gasteiger partial charge on any atom is -0.385 e. The number of methoxy groups -OCH3 is 1. The fourth-order valence-electron chi connectivity index (χ4n) is 5.36. The second-order valence-electron chi connectivity index (χ2n) is 9.91. The Hall–Kier alpha value is -1.38. The van der Waals surface area contributed by atoms with Crippen molar-refractivity contribution in [2.45, 2.75) is 63.0 Å². The number of piperidine rings is 1. The predicted octanol–water partition coefficient (Wildman–Crippen LogP) is 3.91. The number of hydrogen-bond donors (Lipinski definition) is 3. The molecule has 0 saturated carbocycles. The normalized spacial score (nSPS) is 22.2. The van der Waals surface area contributed by atoms with Gasteiger partial charge in [-0.2, -0.15) is 0 Å². The van der Waals surface area contributed by atoms with Crippen molar-refractivity contribution in [3.05, 3.63) is 34.9 Å². The highest BCUT2D eigenvalue weighted by atomic mass is 35.5. The number of amides is 2. The van der Waals surface area contributed by atoms with E-state index < -0.39 is 5.60 Å². The van der Waals surface area contributed by atoms with Gasteiger partial charge in [-0.15, -0.1) is 0 Å². The van der Waals surface area contributed by atoms with Crippen LogP contribution in [-0.4, -0.2) is 68.6 Å². The average molecular weight is 496 g/mol. The van der Waals surface area contributed by atoms with Gasteiger partial charge < -0.3 is 30.5 Å². The van der Waals surface area contributed by atoms with E-state index in [1.54, 1.807) is 7.11 Å². The van der Waals surface area contributed by atoms with Gasteiger partial charge >= 0.3 is 6.03 Å². The van der Waals surface area contributed by atoms with Gasteiger partial charge in [0.15, 0.2) is 0 Å². The minimum atomic E-state index is -1.04. The molecule has 3 rings (SSSR count). The Kier molecular flexibility index (Phi) is 10.9. The van der Waals surface area contributed by atoms with Gasteiger partial charge in [0.1, 0.15) is 0 Å². The van der Waals surface area contributed by atoms with Crippen LogP contribution in [0.3, 0.4) is 0 Å². The molecular formula is C26H42ClN3O4. The van der Waals surface area contributed by atoms with E-state index in [1.807, 2.05) is 29.2 Å². The third-order valence-corrected chi connectivity index (χ3v) is 7.59. The highest BCUT2D eigenvalue weighted by molar-refractivity contribution is 6.30. The summed E-state index contributed by atoms with van der Waals surface area (Å²) in [5.74, 6) is 0.509. The number of nitrogens with two attached hydrogens (primary N) is 1. The molecule has 2 heterocycles. The minimum absolute atomic E-state index is 0.0585. The summed E-state index contributed by atoms with van der Waals surface area (Å²) in [6.45, 7) is 3.94. The molecule has 8 heteroatoms. The second kappa shape index (κ2) is 13.6. The first-order valence-corrected chi connectivity index (χ1v) is 13.1. The first-order valence-electron chi connectivity index (χ1n) is 12.8. The molecule has 0 aliphatic carbocycles. The number of hydrogen-bond acceptors (Lipinski definition) is 5. The van der Waals surface area contributed by atoms with Crippen molar-refractivity contribution in [2.24, 2.45) is 17.6 Å². The molecule has 4 N–H and O–H groups in total. The van der Waals surface area contributed by atoms with Crippen molar-refractivity contribution < 1.29 is 19.4 Å². The first kappa shape index (κ1) is 27.2. The van der Waals surface area contributed by atoms with Crippen LogP contribution >= 0.6 is 11.6 Å². The van der Waals surface area contributed by atoms with Crippen LogP contribution in [-0.2, 0) is 15.1 Å². The summed E-state index contributed by atoms with van der Waals surface area (Å²) < 4.78 is 10.6. The van der Waals surface area contributed by atoms with Gasteiger partial charge in [0, 0.05) is 63.5 Å². The van der Waals surface area contributed by atoms with Crippen LogP contribution in [0.4, 0.5) is 4.79 Å². The molecule has 2 fully saturated rings. The predicted molar refractivity (Wildman–Crippen MR) is 135 cm³/mol. The number of carbonyl (C=O) groups excluding carboxylic acids is 1. The van der Waals surface area contributed by atoms with E-state index in [0.717, 1.165) is 63.7 Å². The van der Waals surface area contributed by atoms with E-state index in [-0.39, 0.29) is 18.0 Å². The Bertz CT molecular complexity index is 761. The Morgan fingerprint density at radius 3 is 2.88 bits per heavy atom. The molecule has 1 aromatic carbocycles. The number of nitrogens with zero attached hydrogens (tertiary/aromatic N) is 1. The topological polar surface area (TPSA) is 97.1 Å². The molecule has 34 heavy (non-hydrogen) atoms. The molecule has 7 nitrogen and oxygen atoms in total. The van der Waals surface area contributed by atoms with Crippen LogP contribution in [0.1, 0.15) is 56.9 Å². The number of rotatable bonds is 11. The van der Waals surface area contributed by atoms with Crippen LogP contribution in [0, 0.1) is 11.8 Å². The molecule has 0 spiro atoms. The standard InChI is InChI=1S/C26H42ClN3O4/c1-33-13-3-2-11-26(32,21-6-4-8-23(27)17-21)22-7-5-12-30(19-22)25(31)29-18-24(28)16-20-9-14-34-15-10-20/h4,6,8,17,20,22,24,32H,2-3,5,7,9-16,18-19,28H2,1H3,(H,29,31)/t22-,24?,26-/m1/s1. The summed E-state index contributed by atoms with van der Waals surface area (Å²) in [6.07, 6.45) is 7.02. The summed E-state index contributed by atoms with van der Waals surface area (Å²) >= 11 is 6.27. The van der Waals surface area contributed by atoms with E-state index in [2.05, 4.69) is 5.32 Å². The monoisotopic (exact) mass is 495 g/mol. The zero-order chi connectivity index (χ0) is 24.4. The first-order chi connectivity index (χ1) is 16.4. The third-order valence-electron chi connectivity index (χ3n) is 7.36. The van der Waals surface area contributed by atoms with Gasteiger partial charge in [-0.25, -0.2) is 4.79 Å². The molecule has 1 aromatic rings. The van der Waals surface area contributed by atoms with E-state index >= 15 is 0 Å². The SMILES string of the molecule is COCCCC[C@@](O)(c1cccc(Cl)c1)[C@@H]1CCCN(C(=O)NCC(N)CC2CCOCC2)C1. The molecule has 2 aliphatic rings. The number of likely N-dealkylation sites (tertiary alicyclic amines) is 1. The number of aliphatic hydroxyl groups is 1. The summed E-state index contributed by atoms with van der Waals surface area (Å²) in [5.41, 5.74) is 6.09. The van der Waals surface area contributed by atoms with Crippen molar-refractivity contribution in [2.75, 3.05) is 46.6 Å². The molecule has 192 valence electrons. The van der Waals surface area contributed by atoms with Crippen LogP contribution in [0.2, 0.25) is 5.02 Å². The van der Waals surface area contributed by atoms with Gasteiger partial charge in [0.2, 0.25) is 0 Å². The number of urea groups is 1. The highest BCUT2D eigenvalue weighted by Crippen LogP contribution is 2.40. The van der Waals surface area contributed by atoms with Gasteiger partial charge in [0.25, 0.3) is 0 Å². The van der Waals surface area contributed by atoms with Crippen molar-refractivity contribution in [3.63, 3.8) is 0 Å². The molecular weight excluding hydrogens is 454 g/mol. The van der Waals surface area contributed by atoms with Crippen LogP contribution in [0.5, 0.6) is 0 Å². The van der Waals surface area contributed by atoms with Gasteiger partial charge in [-0.3, -0.25) is 0 Å². The summed E-state index contributed by atoms with van der Waals surface area (Å²) in [6, 6.07) is 7.34. The number of ether oxygens (including phenoxy) is 2. The quantitative estimate of drug-likeness (QED) is 0.404. The van der Waals surface area contributed by atoms with Crippen molar-refractivity contribution in [1.29, 1.82) is 0 Å². The maximum atomic E-state index is 13.0. The molecule has 0 radical (unpaired) electrons. The number of nitrogens with one attached hydrogen (secondary N) is 1. The zero-order valence-corrected chi connectivity index (χ0v) is 21.3. The molecule has 3 atom stereocenters. The fourth-order valence-corrected chi connectivity index (χ4v) is 5.55. The Morgan fingerprint density at radius 2 is 2.15 bits per heavy atom. The third kappa shape index (κ3) is 7.82. The number of benzene rings is 1. The van der Waals surface area contributed by atoms with Crippen LogP contribution in [0.25, 0.3) is 0 Å². The number of carbonyl (C=O) groups is 1. The van der Waals surface area contributed by atoms with Crippen molar-refractivity contribution in [3.8, 4) is 0 Å². The van der Waals surface area contributed by atoms with E-state index in [9.17, 15) is 9.90 Å². The van der Waals surface area contributed by atoms with Crippen LogP contribution in [0.15, 0.2) is 24.3 Å². The Morgan fingerprint density at radius 1 is 1.35 bits per heavy atom. The molecule has 0 aromatic heterocycles. The molecule has 1 unspecified atom stereocenters. The summed E-state index contributed by atoms with van der Waals surface area (Å²) in [7, 11) is 1.69. The van der Waals surface area contributed by atoms with Crippen molar-refractivity contribution in [1.82, 2.24) is 10.2 Å². The molecule has 2 amide bonds. The smallest absolute Gasteiger partial charge is 0.317 e. The van der Waals surface area contributed by atoms with Crippen molar-refractivity contribution >= 4 is 17.6 Å². The van der Waals surface area contributed by atoms with Gasteiger partial charge in [0.05, 0.1) is 5.60 Å². The lowest BCUT2D eigenvalue weighted by Gasteiger charge is -2.43. The molecule has 0 bridgehead atoms. The van der Waals surface area contributed by atoms with E-state index in [1.165, 1.54) is 0 Å². The highest BCUT2D eigenvalue weighted by Gasteiger charge is 2.41. The van der Waals surface area contributed by atoms with E-state index in [4.69, 9.17) is 26.8 Å². The molecule has 2 saturated heterocycles. The Balaban J connectivity index is 1.59.